The predicted octanol–water partition coefficient (Wildman–Crippen LogP) is 0.491. The van der Waals surface area contributed by atoms with Gasteiger partial charge in [-0.15, -0.1) is 0 Å². The lowest BCUT2D eigenvalue weighted by Crippen LogP contribution is -2.38. The van der Waals surface area contributed by atoms with Gasteiger partial charge in [0.1, 0.15) is 0 Å². The van der Waals surface area contributed by atoms with E-state index in [1.807, 2.05) is 12.5 Å². The molecule has 0 aliphatic heterocycles. The van der Waals surface area contributed by atoms with Gasteiger partial charge in [0.15, 0.2) is 5.96 Å². The maximum Gasteiger partial charge on any atom is 0.190 e. The van der Waals surface area contributed by atoms with Gasteiger partial charge in [-0.25, -0.2) is 4.98 Å². The van der Waals surface area contributed by atoms with Crippen LogP contribution in [-0.2, 0) is 16.0 Å². The maximum absolute atomic E-state index is 5.40. The van der Waals surface area contributed by atoms with Crippen LogP contribution in [0.1, 0.15) is 12.8 Å². The van der Waals surface area contributed by atoms with E-state index >= 15 is 0 Å². The van der Waals surface area contributed by atoms with E-state index in [2.05, 4.69) is 25.2 Å². The molecule has 2 N–H and O–H groups in total. The molecule has 0 aromatic carbocycles. The number of imidazole rings is 1. The Hall–Kier alpha value is -1.60. The summed E-state index contributed by atoms with van der Waals surface area (Å²) in [5, 5.41) is 6.55. The standard InChI is InChI=1S/C14H27N5O2/c1-15-14(18-6-4-10-21-12-11-20-2)17-5-3-8-19-9-7-16-13-19/h7,9,13H,3-6,8,10-12H2,1-2H3,(H2,15,17,18). The first-order valence-corrected chi connectivity index (χ1v) is 7.33. The zero-order valence-electron chi connectivity index (χ0n) is 13.0. The molecule has 0 radical (unpaired) electrons. The van der Waals surface area contributed by atoms with Crippen molar-refractivity contribution in [1.29, 1.82) is 0 Å². The second kappa shape index (κ2) is 12.2. The molecule has 0 fully saturated rings. The van der Waals surface area contributed by atoms with Crippen molar-refractivity contribution < 1.29 is 9.47 Å². The lowest BCUT2D eigenvalue weighted by molar-refractivity contribution is 0.0698. The fourth-order valence-electron chi connectivity index (χ4n) is 1.73. The first kappa shape index (κ1) is 17.5. The molecule has 120 valence electrons. The summed E-state index contributed by atoms with van der Waals surface area (Å²) in [6.07, 6.45) is 7.56. The van der Waals surface area contributed by atoms with Gasteiger partial charge in [0, 0.05) is 52.8 Å². The van der Waals surface area contributed by atoms with Crippen molar-refractivity contribution in [2.24, 2.45) is 4.99 Å². The van der Waals surface area contributed by atoms with Crippen LogP contribution in [0.15, 0.2) is 23.7 Å². The fraction of sp³-hybridized carbons (Fsp3) is 0.714. The van der Waals surface area contributed by atoms with Gasteiger partial charge in [0.2, 0.25) is 0 Å². The molecular weight excluding hydrogens is 270 g/mol. The van der Waals surface area contributed by atoms with Crippen molar-refractivity contribution in [3.63, 3.8) is 0 Å². The van der Waals surface area contributed by atoms with E-state index in [1.54, 1.807) is 20.4 Å². The van der Waals surface area contributed by atoms with E-state index < -0.39 is 0 Å². The summed E-state index contributed by atoms with van der Waals surface area (Å²) >= 11 is 0. The van der Waals surface area contributed by atoms with Crippen LogP contribution < -0.4 is 10.6 Å². The van der Waals surface area contributed by atoms with E-state index in [4.69, 9.17) is 9.47 Å². The van der Waals surface area contributed by atoms with E-state index in [-0.39, 0.29) is 0 Å². The number of aromatic nitrogens is 2. The van der Waals surface area contributed by atoms with Gasteiger partial charge in [-0.1, -0.05) is 0 Å². The van der Waals surface area contributed by atoms with Gasteiger partial charge in [0.05, 0.1) is 19.5 Å². The van der Waals surface area contributed by atoms with E-state index in [0.717, 1.165) is 45.0 Å². The first-order valence-electron chi connectivity index (χ1n) is 7.33. The number of aryl methyl sites for hydroxylation is 1. The third kappa shape index (κ3) is 9.04. The fourth-order valence-corrected chi connectivity index (χ4v) is 1.73. The monoisotopic (exact) mass is 297 g/mol. The minimum absolute atomic E-state index is 0.646. The molecule has 1 rings (SSSR count). The van der Waals surface area contributed by atoms with Crippen LogP contribution in [0.3, 0.4) is 0 Å². The second-order valence-corrected chi connectivity index (χ2v) is 4.54. The molecule has 0 amide bonds. The Balaban J connectivity index is 1.96. The van der Waals surface area contributed by atoms with E-state index in [0.29, 0.717) is 13.2 Å². The van der Waals surface area contributed by atoms with Crippen molar-refractivity contribution in [2.75, 3.05) is 47.1 Å². The first-order chi connectivity index (χ1) is 10.4. The number of hydrogen-bond acceptors (Lipinski definition) is 4. The largest absolute Gasteiger partial charge is 0.382 e. The molecule has 0 atom stereocenters. The van der Waals surface area contributed by atoms with Crippen LogP contribution in [0.5, 0.6) is 0 Å². The van der Waals surface area contributed by atoms with Crippen LogP contribution in [0.4, 0.5) is 0 Å². The Labute approximate surface area is 126 Å². The van der Waals surface area contributed by atoms with Crippen LogP contribution >= 0.6 is 0 Å². The van der Waals surface area contributed by atoms with Crippen molar-refractivity contribution in [1.82, 2.24) is 20.2 Å². The third-order valence-corrected chi connectivity index (χ3v) is 2.86. The van der Waals surface area contributed by atoms with Crippen molar-refractivity contribution in [3.05, 3.63) is 18.7 Å². The summed E-state index contributed by atoms with van der Waals surface area (Å²) in [7, 11) is 3.45. The SMILES string of the molecule is CN=C(NCCCOCCOC)NCCCn1ccnc1. The quantitative estimate of drug-likeness (QED) is 0.353. The Morgan fingerprint density at radius 3 is 2.67 bits per heavy atom. The number of nitrogens with one attached hydrogen (secondary N) is 2. The topological polar surface area (TPSA) is 72.7 Å². The van der Waals surface area contributed by atoms with Gasteiger partial charge >= 0.3 is 0 Å². The molecule has 1 heterocycles. The zero-order valence-corrected chi connectivity index (χ0v) is 13.0. The van der Waals surface area contributed by atoms with Crippen molar-refractivity contribution >= 4 is 5.96 Å². The van der Waals surface area contributed by atoms with Gasteiger partial charge in [-0.3, -0.25) is 4.99 Å². The normalized spacial score (nSPS) is 11.6. The highest BCUT2D eigenvalue weighted by molar-refractivity contribution is 5.79. The maximum atomic E-state index is 5.40. The van der Waals surface area contributed by atoms with Crippen molar-refractivity contribution in [3.8, 4) is 0 Å². The number of rotatable bonds is 11. The minimum atomic E-state index is 0.646. The summed E-state index contributed by atoms with van der Waals surface area (Å²) in [6.45, 7) is 4.70. The molecule has 0 saturated heterocycles. The summed E-state index contributed by atoms with van der Waals surface area (Å²) in [5.74, 6) is 0.831. The average Bonchev–Trinajstić information content (AvgIpc) is 3.01. The van der Waals surface area contributed by atoms with E-state index in [1.165, 1.54) is 0 Å². The Morgan fingerprint density at radius 1 is 1.19 bits per heavy atom. The van der Waals surface area contributed by atoms with Crippen LogP contribution in [-0.4, -0.2) is 62.6 Å². The molecule has 21 heavy (non-hydrogen) atoms. The lowest BCUT2D eigenvalue weighted by Gasteiger charge is -2.12. The zero-order chi connectivity index (χ0) is 15.2. The summed E-state index contributed by atoms with van der Waals surface area (Å²) < 4.78 is 12.4. The highest BCUT2D eigenvalue weighted by Gasteiger charge is 1.97. The average molecular weight is 297 g/mol. The second-order valence-electron chi connectivity index (χ2n) is 4.54. The molecule has 0 aliphatic carbocycles. The number of ether oxygens (including phenoxy) is 2. The van der Waals surface area contributed by atoms with Crippen LogP contribution in [0.25, 0.3) is 0 Å². The molecule has 7 heteroatoms. The number of guanidine groups is 1. The van der Waals surface area contributed by atoms with Gasteiger partial charge in [-0.2, -0.15) is 0 Å². The molecular formula is C14H27N5O2. The number of aliphatic imine (C=N–C) groups is 1. The van der Waals surface area contributed by atoms with Crippen LogP contribution in [0.2, 0.25) is 0 Å². The molecule has 0 spiro atoms. The third-order valence-electron chi connectivity index (χ3n) is 2.86. The van der Waals surface area contributed by atoms with Crippen LogP contribution in [0, 0.1) is 0 Å². The van der Waals surface area contributed by atoms with Gasteiger partial charge < -0.3 is 24.7 Å². The molecule has 0 unspecified atom stereocenters. The molecule has 0 saturated carbocycles. The summed E-state index contributed by atoms with van der Waals surface area (Å²) in [5.41, 5.74) is 0. The smallest absolute Gasteiger partial charge is 0.190 e. The Kier molecular flexibility index (Phi) is 10.1. The van der Waals surface area contributed by atoms with Gasteiger partial charge in [-0.05, 0) is 12.8 Å². The molecule has 0 aliphatic rings. The molecule has 1 aromatic heterocycles. The summed E-state index contributed by atoms with van der Waals surface area (Å²) in [6, 6.07) is 0. The highest BCUT2D eigenvalue weighted by Crippen LogP contribution is 1.89. The van der Waals surface area contributed by atoms with Crippen molar-refractivity contribution in [2.45, 2.75) is 19.4 Å². The number of methoxy groups -OCH3 is 1. The predicted molar refractivity (Wildman–Crippen MR) is 83.5 cm³/mol. The Morgan fingerprint density at radius 2 is 2.00 bits per heavy atom. The molecule has 1 aromatic rings. The minimum Gasteiger partial charge on any atom is -0.382 e. The van der Waals surface area contributed by atoms with E-state index in [9.17, 15) is 0 Å². The number of nitrogens with zero attached hydrogens (tertiary/aromatic N) is 3. The number of hydrogen-bond donors (Lipinski definition) is 2. The van der Waals surface area contributed by atoms with Gasteiger partial charge in [0.25, 0.3) is 0 Å². The lowest BCUT2D eigenvalue weighted by atomic mass is 10.4. The molecule has 0 bridgehead atoms. The summed E-state index contributed by atoms with van der Waals surface area (Å²) in [4.78, 5) is 8.20. The molecule has 7 nitrogen and oxygen atoms in total. The highest BCUT2D eigenvalue weighted by atomic mass is 16.5. The Bertz CT molecular complexity index is 367.